The summed E-state index contributed by atoms with van der Waals surface area (Å²) in [7, 11) is 0. The van der Waals surface area contributed by atoms with Gasteiger partial charge < -0.3 is 24.9 Å². The first-order chi connectivity index (χ1) is 27.6. The van der Waals surface area contributed by atoms with Crippen molar-refractivity contribution in [3.63, 3.8) is 0 Å². The normalized spacial score (nSPS) is 22.1. The number of hydrogen-bond donors (Lipinski definition) is 2. The second-order valence-corrected chi connectivity index (χ2v) is 15.9. The highest BCUT2D eigenvalue weighted by atomic mass is 35.5. The van der Waals surface area contributed by atoms with Crippen LogP contribution in [-0.4, -0.2) is 127 Å². The van der Waals surface area contributed by atoms with Crippen LogP contribution in [0.4, 0.5) is 27.7 Å². The minimum Gasteiger partial charge on any atom is -0.369 e. The van der Waals surface area contributed by atoms with E-state index in [1.165, 1.54) is 0 Å². The second kappa shape index (κ2) is 16.0. The number of urea groups is 1. The van der Waals surface area contributed by atoms with Crippen LogP contribution in [0.25, 0.3) is 0 Å². The van der Waals surface area contributed by atoms with Gasteiger partial charge in [-0.15, -0.1) is 0 Å². The average Bonchev–Trinajstić information content (AvgIpc) is 3.46. The van der Waals surface area contributed by atoms with E-state index in [9.17, 15) is 29.2 Å². The van der Waals surface area contributed by atoms with Crippen molar-refractivity contribution in [3.05, 3.63) is 76.4 Å². The molecule has 15 nitrogen and oxygen atoms in total. The highest BCUT2D eigenvalue weighted by Crippen LogP contribution is 2.32. The van der Waals surface area contributed by atoms with E-state index in [0.717, 1.165) is 80.7 Å². The molecule has 6 heterocycles. The number of amides is 6. The molecule has 4 fully saturated rings. The lowest BCUT2D eigenvalue weighted by Gasteiger charge is -2.41. The molecule has 2 N–H and O–H groups in total. The maximum Gasteiger partial charge on any atom is 0.322 e. The van der Waals surface area contributed by atoms with Crippen LogP contribution in [-0.2, 0) is 9.59 Å². The lowest BCUT2D eigenvalue weighted by Crippen LogP contribution is -2.55. The number of imide groups is 2. The van der Waals surface area contributed by atoms with Crippen molar-refractivity contribution in [1.82, 2.24) is 25.0 Å². The number of piperazine rings is 2. The van der Waals surface area contributed by atoms with Crippen LogP contribution in [0.2, 0.25) is 5.02 Å². The van der Waals surface area contributed by atoms with E-state index in [1.54, 1.807) is 30.5 Å². The van der Waals surface area contributed by atoms with Crippen LogP contribution in [0, 0.1) is 17.2 Å². The largest absolute Gasteiger partial charge is 0.369 e. The molecule has 8 rings (SSSR count). The van der Waals surface area contributed by atoms with Gasteiger partial charge in [0.15, 0.2) is 0 Å². The number of nitrogens with one attached hydrogen (secondary N) is 2. The summed E-state index contributed by atoms with van der Waals surface area (Å²) in [6.07, 6.45) is 4.07. The van der Waals surface area contributed by atoms with Gasteiger partial charge in [0.2, 0.25) is 11.8 Å². The van der Waals surface area contributed by atoms with E-state index in [1.807, 2.05) is 36.1 Å². The molecule has 6 amide bonds. The topological polar surface area (TPSA) is 166 Å². The molecule has 0 radical (unpaired) electrons. The first-order valence-corrected chi connectivity index (χ1v) is 20.0. The Morgan fingerprint density at radius 2 is 1.58 bits per heavy atom. The predicted octanol–water partition coefficient (Wildman–Crippen LogP) is 3.79. The van der Waals surface area contributed by atoms with Gasteiger partial charge in [0, 0.05) is 89.3 Å². The molecule has 57 heavy (non-hydrogen) atoms. The summed E-state index contributed by atoms with van der Waals surface area (Å²) in [4.78, 5) is 80.4. The predicted molar refractivity (Wildman–Crippen MR) is 215 cm³/mol. The summed E-state index contributed by atoms with van der Waals surface area (Å²) in [6, 6.07) is 15.5. The van der Waals surface area contributed by atoms with Crippen molar-refractivity contribution < 1.29 is 24.0 Å². The van der Waals surface area contributed by atoms with Crippen LogP contribution in [0.3, 0.4) is 0 Å². The van der Waals surface area contributed by atoms with Crippen molar-refractivity contribution >= 4 is 64.1 Å². The molecule has 4 saturated heterocycles. The Balaban J connectivity index is 0.770. The SMILES string of the molecule is CC1CN(c2ccc(C#N)c(Cl)c2)CCN1C(=O)Nc1ccc(N2CCC(CN3CCN(c4ccc5c(c4)C(=O)N(C4CCC(=O)NC4=O)C5=O)CC3)CC2)nc1. The number of carbonyl (C=O) groups excluding carboxylic acids is 5. The third-order valence-corrected chi connectivity index (χ3v) is 12.3. The van der Waals surface area contributed by atoms with Crippen LogP contribution in [0.1, 0.15) is 58.9 Å². The van der Waals surface area contributed by atoms with Gasteiger partial charge in [0.25, 0.3) is 11.8 Å². The first-order valence-electron chi connectivity index (χ1n) is 19.6. The molecule has 0 aliphatic carbocycles. The fourth-order valence-electron chi connectivity index (χ4n) is 8.68. The van der Waals surface area contributed by atoms with Crippen molar-refractivity contribution in [3.8, 4) is 6.07 Å². The van der Waals surface area contributed by atoms with Crippen LogP contribution in [0.5, 0.6) is 0 Å². The van der Waals surface area contributed by atoms with Crippen molar-refractivity contribution in [1.29, 1.82) is 5.26 Å². The third kappa shape index (κ3) is 7.84. The molecule has 0 spiro atoms. The number of aromatic nitrogens is 1. The lowest BCUT2D eigenvalue weighted by molar-refractivity contribution is -0.136. The van der Waals surface area contributed by atoms with Gasteiger partial charge in [-0.3, -0.25) is 34.3 Å². The molecule has 5 aliphatic rings. The fourth-order valence-corrected chi connectivity index (χ4v) is 8.90. The molecule has 2 aromatic carbocycles. The monoisotopic (exact) mass is 792 g/mol. The molecule has 2 unspecified atom stereocenters. The Morgan fingerprint density at radius 3 is 2.26 bits per heavy atom. The van der Waals surface area contributed by atoms with Crippen LogP contribution < -0.4 is 25.3 Å². The summed E-state index contributed by atoms with van der Waals surface area (Å²) in [5.41, 5.74) is 3.51. The molecule has 1 aromatic heterocycles. The highest BCUT2D eigenvalue weighted by molar-refractivity contribution is 6.32. The fraction of sp³-hybridized carbons (Fsp3) is 0.439. The molecule has 0 saturated carbocycles. The zero-order valence-electron chi connectivity index (χ0n) is 31.8. The number of rotatable bonds is 7. The minimum atomic E-state index is -0.974. The van der Waals surface area contributed by atoms with Gasteiger partial charge in [0.1, 0.15) is 17.9 Å². The standard InChI is InChI=1S/C41H45ClN10O5/c1-26-24-50(31-4-2-28(22-43)34(42)21-31)18-19-51(26)41(57)45-29-3-8-36(44-23-29)49-12-10-27(11-13-49)25-47-14-16-48(17-15-47)30-5-6-32-33(20-30)40(56)52(39(32)55)35-7-9-37(53)46-38(35)54/h2-6,8,20-21,23,26-27,35H,7,9-19,24-25H2,1H3,(H,45,57)(H,46,53,54). The number of fused-ring (bicyclic) bond motifs is 1. The molecule has 3 aromatic rings. The zero-order valence-corrected chi connectivity index (χ0v) is 32.6. The summed E-state index contributed by atoms with van der Waals surface area (Å²) >= 11 is 6.26. The van der Waals surface area contributed by atoms with Crippen molar-refractivity contribution in [2.75, 3.05) is 85.5 Å². The number of hydrogen-bond acceptors (Lipinski definition) is 11. The molecule has 2 atom stereocenters. The summed E-state index contributed by atoms with van der Waals surface area (Å²) in [5, 5.41) is 14.9. The molecular formula is C41H45ClN10O5. The number of anilines is 4. The smallest absolute Gasteiger partial charge is 0.322 e. The maximum atomic E-state index is 13.3. The van der Waals surface area contributed by atoms with E-state index in [4.69, 9.17) is 16.6 Å². The van der Waals surface area contributed by atoms with Crippen LogP contribution >= 0.6 is 11.6 Å². The number of pyridine rings is 1. The van der Waals surface area contributed by atoms with Gasteiger partial charge >= 0.3 is 6.03 Å². The van der Waals surface area contributed by atoms with Crippen molar-refractivity contribution in [2.45, 2.75) is 44.7 Å². The zero-order chi connectivity index (χ0) is 39.8. The average molecular weight is 793 g/mol. The van der Waals surface area contributed by atoms with E-state index in [-0.39, 0.29) is 24.9 Å². The minimum absolute atomic E-state index is 0.0306. The van der Waals surface area contributed by atoms with E-state index in [2.05, 4.69) is 36.3 Å². The summed E-state index contributed by atoms with van der Waals surface area (Å²) < 4.78 is 0. The summed E-state index contributed by atoms with van der Waals surface area (Å²) in [6.45, 7) is 10.1. The van der Waals surface area contributed by atoms with Crippen LogP contribution in [0.15, 0.2) is 54.7 Å². The first kappa shape index (κ1) is 38.2. The highest BCUT2D eigenvalue weighted by Gasteiger charge is 2.45. The Morgan fingerprint density at radius 1 is 0.860 bits per heavy atom. The molecule has 296 valence electrons. The quantitative estimate of drug-likeness (QED) is 0.335. The molecule has 16 heteroatoms. The number of halogens is 1. The summed E-state index contributed by atoms with van der Waals surface area (Å²) in [5.74, 6) is -0.507. The number of piperidine rings is 2. The molecular weight excluding hydrogens is 748 g/mol. The Hall–Kier alpha value is -5.72. The maximum absolute atomic E-state index is 13.3. The van der Waals surface area contributed by atoms with Gasteiger partial charge in [-0.1, -0.05) is 11.6 Å². The number of nitriles is 1. The van der Waals surface area contributed by atoms with Gasteiger partial charge in [-0.05, 0) is 80.6 Å². The Kier molecular flexibility index (Phi) is 10.7. The lowest BCUT2D eigenvalue weighted by atomic mass is 9.96. The number of carbonyl (C=O) groups is 5. The van der Waals surface area contributed by atoms with Gasteiger partial charge in [-0.2, -0.15) is 5.26 Å². The molecule has 0 bridgehead atoms. The van der Waals surface area contributed by atoms with E-state index < -0.39 is 29.7 Å². The van der Waals surface area contributed by atoms with E-state index >= 15 is 0 Å². The van der Waals surface area contributed by atoms with Crippen molar-refractivity contribution in [2.24, 2.45) is 5.92 Å². The van der Waals surface area contributed by atoms with Gasteiger partial charge in [0.05, 0.1) is 33.6 Å². The molecule has 5 aliphatic heterocycles. The Bertz CT molecular complexity index is 2130. The Labute approximate surface area is 336 Å². The third-order valence-electron chi connectivity index (χ3n) is 11.9. The second-order valence-electron chi connectivity index (χ2n) is 15.5. The van der Waals surface area contributed by atoms with Gasteiger partial charge in [-0.25, -0.2) is 9.78 Å². The van der Waals surface area contributed by atoms with E-state index in [0.29, 0.717) is 53.0 Å². The number of benzene rings is 2. The number of nitrogens with zero attached hydrogens (tertiary/aromatic N) is 8.